The van der Waals surface area contributed by atoms with Gasteiger partial charge in [-0.15, -0.1) is 12.4 Å². The largest absolute Gasteiger partial charge is 0.356 e. The lowest BCUT2D eigenvalue weighted by atomic mass is 9.74. The third-order valence-corrected chi connectivity index (χ3v) is 4.86. The summed E-state index contributed by atoms with van der Waals surface area (Å²) in [6, 6.07) is 0. The van der Waals surface area contributed by atoms with Crippen molar-refractivity contribution in [1.82, 2.24) is 5.32 Å². The number of nitrogens with one attached hydrogen (secondary N) is 1. The summed E-state index contributed by atoms with van der Waals surface area (Å²) in [6.45, 7) is 2.91. The van der Waals surface area contributed by atoms with Gasteiger partial charge in [-0.3, -0.25) is 4.79 Å². The molecule has 3 N–H and O–H groups in total. The van der Waals surface area contributed by atoms with Crippen LogP contribution in [-0.2, 0) is 4.79 Å². The first kappa shape index (κ1) is 16.8. The lowest BCUT2D eigenvalue weighted by Crippen LogP contribution is -2.53. The Hall–Kier alpha value is -0.280. The molecule has 0 saturated heterocycles. The Bertz CT molecular complexity index is 288. The predicted molar refractivity (Wildman–Crippen MR) is 81.4 cm³/mol. The van der Waals surface area contributed by atoms with Gasteiger partial charge in [0.15, 0.2) is 0 Å². The molecule has 1 amide bonds. The Kier molecular flexibility index (Phi) is 6.61. The molecule has 2 saturated carbocycles. The molecular weight excluding hydrogens is 260 g/mol. The Morgan fingerprint density at radius 3 is 2.42 bits per heavy atom. The summed E-state index contributed by atoms with van der Waals surface area (Å²) in [7, 11) is 0. The number of halogens is 1. The fraction of sp³-hybridized carbons (Fsp3) is 0.933. The van der Waals surface area contributed by atoms with Gasteiger partial charge in [-0.05, 0) is 38.5 Å². The van der Waals surface area contributed by atoms with Crippen LogP contribution in [-0.4, -0.2) is 18.0 Å². The van der Waals surface area contributed by atoms with Crippen LogP contribution in [0.2, 0.25) is 0 Å². The zero-order valence-electron chi connectivity index (χ0n) is 12.1. The number of hydrogen-bond donors (Lipinski definition) is 2. The molecule has 0 spiro atoms. The summed E-state index contributed by atoms with van der Waals surface area (Å²) in [5.41, 5.74) is 5.97. The molecule has 2 rings (SSSR count). The van der Waals surface area contributed by atoms with Crippen molar-refractivity contribution in [3.8, 4) is 0 Å². The molecule has 0 bridgehead atoms. The minimum atomic E-state index is -0.297. The van der Waals surface area contributed by atoms with E-state index >= 15 is 0 Å². The summed E-state index contributed by atoms with van der Waals surface area (Å²) >= 11 is 0. The first-order chi connectivity index (χ1) is 8.59. The van der Waals surface area contributed by atoms with Crippen LogP contribution in [0.4, 0.5) is 0 Å². The minimum Gasteiger partial charge on any atom is -0.356 e. The fourth-order valence-corrected chi connectivity index (χ4v) is 3.55. The normalized spacial score (nSPS) is 32.4. The van der Waals surface area contributed by atoms with Gasteiger partial charge >= 0.3 is 0 Å². The highest BCUT2D eigenvalue weighted by molar-refractivity contribution is 5.85. The van der Waals surface area contributed by atoms with Crippen molar-refractivity contribution in [2.45, 2.75) is 70.3 Å². The van der Waals surface area contributed by atoms with E-state index in [4.69, 9.17) is 5.73 Å². The number of carbonyl (C=O) groups is 1. The van der Waals surface area contributed by atoms with E-state index in [1.807, 2.05) is 6.92 Å². The Labute approximate surface area is 123 Å². The number of nitrogens with two attached hydrogens (primary N) is 1. The fourth-order valence-electron chi connectivity index (χ4n) is 3.55. The zero-order chi connectivity index (χ0) is 13.0. The second-order valence-corrected chi connectivity index (χ2v) is 6.55. The third-order valence-electron chi connectivity index (χ3n) is 4.86. The summed E-state index contributed by atoms with van der Waals surface area (Å²) in [5, 5.41) is 3.16. The van der Waals surface area contributed by atoms with Crippen molar-refractivity contribution in [2.24, 2.45) is 17.6 Å². The molecule has 0 aliphatic heterocycles. The van der Waals surface area contributed by atoms with Gasteiger partial charge in [0.05, 0.1) is 5.92 Å². The molecule has 19 heavy (non-hydrogen) atoms. The summed E-state index contributed by atoms with van der Waals surface area (Å²) in [6.07, 6.45) is 10.9. The second kappa shape index (κ2) is 7.49. The van der Waals surface area contributed by atoms with Gasteiger partial charge in [0.2, 0.25) is 5.91 Å². The highest BCUT2D eigenvalue weighted by Crippen LogP contribution is 2.32. The summed E-state index contributed by atoms with van der Waals surface area (Å²) < 4.78 is 0. The lowest BCUT2D eigenvalue weighted by molar-refractivity contribution is -0.128. The molecule has 3 nitrogen and oxygen atoms in total. The van der Waals surface area contributed by atoms with E-state index in [2.05, 4.69) is 5.32 Å². The molecule has 0 radical (unpaired) electrons. The second-order valence-electron chi connectivity index (χ2n) is 6.55. The van der Waals surface area contributed by atoms with Gasteiger partial charge < -0.3 is 11.1 Å². The minimum absolute atomic E-state index is 0. The lowest BCUT2D eigenvalue weighted by Gasteiger charge is -2.37. The average Bonchev–Trinajstić information content (AvgIpc) is 2.37. The molecular formula is C15H29ClN2O. The van der Waals surface area contributed by atoms with Crippen LogP contribution in [0, 0.1) is 11.8 Å². The molecule has 2 atom stereocenters. The maximum absolute atomic E-state index is 12.3. The first-order valence-electron chi connectivity index (χ1n) is 7.66. The number of hydrogen-bond acceptors (Lipinski definition) is 2. The van der Waals surface area contributed by atoms with Crippen molar-refractivity contribution in [1.29, 1.82) is 0 Å². The van der Waals surface area contributed by atoms with E-state index < -0.39 is 0 Å². The molecule has 0 aromatic heterocycles. The van der Waals surface area contributed by atoms with Crippen LogP contribution in [0.1, 0.15) is 64.7 Å². The first-order valence-corrected chi connectivity index (χ1v) is 7.66. The number of carbonyl (C=O) groups excluding carboxylic acids is 1. The summed E-state index contributed by atoms with van der Waals surface area (Å²) in [4.78, 5) is 12.3. The van der Waals surface area contributed by atoms with E-state index in [-0.39, 0.29) is 29.8 Å². The molecule has 0 aromatic carbocycles. The van der Waals surface area contributed by atoms with E-state index in [0.717, 1.165) is 25.8 Å². The molecule has 2 unspecified atom stereocenters. The average molecular weight is 289 g/mol. The Balaban J connectivity index is 0.00000180. The number of amides is 1. The van der Waals surface area contributed by atoms with E-state index in [9.17, 15) is 4.79 Å². The maximum atomic E-state index is 12.3. The Morgan fingerprint density at radius 1 is 1.16 bits per heavy atom. The van der Waals surface area contributed by atoms with Gasteiger partial charge in [0, 0.05) is 12.1 Å². The van der Waals surface area contributed by atoms with Crippen molar-refractivity contribution in [3.63, 3.8) is 0 Å². The van der Waals surface area contributed by atoms with E-state index in [1.54, 1.807) is 0 Å². The van der Waals surface area contributed by atoms with Crippen molar-refractivity contribution in [3.05, 3.63) is 0 Å². The zero-order valence-corrected chi connectivity index (χ0v) is 12.9. The Morgan fingerprint density at radius 2 is 1.79 bits per heavy atom. The van der Waals surface area contributed by atoms with Crippen LogP contribution in [0.5, 0.6) is 0 Å². The number of rotatable bonds is 3. The van der Waals surface area contributed by atoms with E-state index in [1.165, 1.54) is 38.5 Å². The SMILES string of the molecule is CC1(N)CCCCC1C(=O)NCC1CCCCC1.Cl. The van der Waals surface area contributed by atoms with Crippen molar-refractivity contribution in [2.75, 3.05) is 6.54 Å². The maximum Gasteiger partial charge on any atom is 0.224 e. The molecule has 2 aliphatic carbocycles. The molecule has 0 heterocycles. The smallest absolute Gasteiger partial charge is 0.224 e. The molecule has 112 valence electrons. The van der Waals surface area contributed by atoms with Crippen molar-refractivity contribution < 1.29 is 4.79 Å². The topological polar surface area (TPSA) is 55.1 Å². The summed E-state index contributed by atoms with van der Waals surface area (Å²) in [5.74, 6) is 0.926. The highest BCUT2D eigenvalue weighted by atomic mass is 35.5. The van der Waals surface area contributed by atoms with E-state index in [0.29, 0.717) is 5.92 Å². The van der Waals surface area contributed by atoms with Crippen LogP contribution < -0.4 is 11.1 Å². The van der Waals surface area contributed by atoms with Crippen LogP contribution in [0.25, 0.3) is 0 Å². The molecule has 4 heteroatoms. The highest BCUT2D eigenvalue weighted by Gasteiger charge is 2.37. The predicted octanol–water partition coefficient (Wildman–Crippen LogP) is 3.01. The van der Waals surface area contributed by atoms with Gasteiger partial charge in [-0.25, -0.2) is 0 Å². The van der Waals surface area contributed by atoms with Crippen molar-refractivity contribution >= 4 is 18.3 Å². The van der Waals surface area contributed by atoms with Crippen LogP contribution >= 0.6 is 12.4 Å². The monoisotopic (exact) mass is 288 g/mol. The van der Waals surface area contributed by atoms with Gasteiger partial charge in [0.1, 0.15) is 0 Å². The van der Waals surface area contributed by atoms with Crippen LogP contribution in [0.15, 0.2) is 0 Å². The van der Waals surface area contributed by atoms with Gasteiger partial charge in [-0.2, -0.15) is 0 Å². The molecule has 0 aromatic rings. The van der Waals surface area contributed by atoms with Gasteiger partial charge in [0.25, 0.3) is 0 Å². The quantitative estimate of drug-likeness (QED) is 0.839. The van der Waals surface area contributed by atoms with Gasteiger partial charge in [-0.1, -0.05) is 32.1 Å². The standard InChI is InChI=1S/C15H28N2O.ClH/c1-15(16)10-6-5-9-13(15)14(18)17-11-12-7-3-2-4-8-12;/h12-13H,2-11,16H2,1H3,(H,17,18);1H. The third kappa shape index (κ3) is 4.64. The molecule has 2 fully saturated rings. The van der Waals surface area contributed by atoms with Crippen LogP contribution in [0.3, 0.4) is 0 Å². The molecule has 2 aliphatic rings.